The minimum atomic E-state index is -2.83. The van der Waals surface area contributed by atoms with Gasteiger partial charge in [-0.3, -0.25) is 4.99 Å². The second-order valence-electron chi connectivity index (χ2n) is 5.05. The van der Waals surface area contributed by atoms with Gasteiger partial charge in [0.2, 0.25) is 0 Å². The van der Waals surface area contributed by atoms with E-state index in [-0.39, 0.29) is 29.7 Å². The molecule has 0 aliphatic carbocycles. The van der Waals surface area contributed by atoms with Crippen molar-refractivity contribution in [2.24, 2.45) is 4.99 Å². The lowest BCUT2D eigenvalue weighted by atomic mass is 10.2. The molecular weight excluding hydrogens is 461 g/mol. The summed E-state index contributed by atoms with van der Waals surface area (Å²) in [5.41, 5.74) is 1.83. The maximum atomic E-state index is 12.2. The molecule has 0 bridgehead atoms. The Bertz CT molecular complexity index is 709. The molecule has 1 heterocycles. The topological polar surface area (TPSA) is 58.5 Å². The molecule has 0 amide bonds. The Hall–Kier alpha value is -1.49. The van der Waals surface area contributed by atoms with Gasteiger partial charge in [0, 0.05) is 18.5 Å². The van der Waals surface area contributed by atoms with Crippen LogP contribution < -0.4 is 15.4 Å². The summed E-state index contributed by atoms with van der Waals surface area (Å²) in [5, 5.41) is 7.39. The molecule has 0 radical (unpaired) electrons. The molecular formula is C16H21F2IN4OS. The van der Waals surface area contributed by atoms with Gasteiger partial charge >= 0.3 is 6.61 Å². The van der Waals surface area contributed by atoms with Gasteiger partial charge in [-0.1, -0.05) is 12.1 Å². The zero-order valence-electron chi connectivity index (χ0n) is 14.2. The van der Waals surface area contributed by atoms with Crippen molar-refractivity contribution in [2.45, 2.75) is 33.5 Å². The highest BCUT2D eigenvalue weighted by Gasteiger charge is 2.07. The molecule has 0 saturated carbocycles. The van der Waals surface area contributed by atoms with Crippen molar-refractivity contribution in [2.75, 3.05) is 7.05 Å². The third-order valence-corrected chi connectivity index (χ3v) is 4.30. The summed E-state index contributed by atoms with van der Waals surface area (Å²) >= 11 is 1.64. The lowest BCUT2D eigenvalue weighted by molar-refractivity contribution is -0.0498. The molecule has 25 heavy (non-hydrogen) atoms. The van der Waals surface area contributed by atoms with Gasteiger partial charge in [0.15, 0.2) is 5.96 Å². The number of benzene rings is 1. The predicted molar refractivity (Wildman–Crippen MR) is 107 cm³/mol. The fourth-order valence-corrected chi connectivity index (χ4v) is 3.02. The second kappa shape index (κ2) is 10.5. The Labute approximate surface area is 166 Å². The molecule has 9 heteroatoms. The van der Waals surface area contributed by atoms with Crippen LogP contribution in [0, 0.1) is 13.8 Å². The van der Waals surface area contributed by atoms with E-state index in [1.807, 2.05) is 19.9 Å². The van der Waals surface area contributed by atoms with Gasteiger partial charge in [-0.2, -0.15) is 8.78 Å². The molecule has 0 saturated heterocycles. The first-order valence-electron chi connectivity index (χ1n) is 7.39. The van der Waals surface area contributed by atoms with Crippen LogP contribution >= 0.6 is 35.3 Å². The smallest absolute Gasteiger partial charge is 0.387 e. The van der Waals surface area contributed by atoms with Crippen LogP contribution in [0.15, 0.2) is 29.3 Å². The molecule has 1 aromatic heterocycles. The standard InChI is InChI=1S/C16H20F2N4OS.HI/c1-10-14(24-11(2)22-10)9-21-16(19-3)20-8-12-5-4-6-13(7-12)23-15(17)18;/h4-7,15H,8-9H2,1-3H3,(H2,19,20,21);1H. The zero-order chi connectivity index (χ0) is 17.5. The van der Waals surface area contributed by atoms with Crippen molar-refractivity contribution < 1.29 is 13.5 Å². The lowest BCUT2D eigenvalue weighted by Gasteiger charge is -2.12. The highest BCUT2D eigenvalue weighted by Crippen LogP contribution is 2.17. The minimum absolute atomic E-state index is 0. The number of rotatable bonds is 6. The van der Waals surface area contributed by atoms with Gasteiger partial charge in [0.05, 0.1) is 17.2 Å². The molecule has 0 aliphatic rings. The molecule has 138 valence electrons. The molecule has 2 rings (SSSR count). The predicted octanol–water partition coefficient (Wildman–Crippen LogP) is 3.84. The van der Waals surface area contributed by atoms with Crippen LogP contribution in [0.5, 0.6) is 5.75 Å². The monoisotopic (exact) mass is 482 g/mol. The summed E-state index contributed by atoms with van der Waals surface area (Å²) < 4.78 is 28.9. The number of aromatic nitrogens is 1. The van der Waals surface area contributed by atoms with E-state index in [9.17, 15) is 8.78 Å². The molecule has 0 aliphatic heterocycles. The van der Waals surface area contributed by atoms with Crippen molar-refractivity contribution >= 4 is 41.3 Å². The van der Waals surface area contributed by atoms with Crippen LogP contribution in [0.25, 0.3) is 0 Å². The summed E-state index contributed by atoms with van der Waals surface area (Å²) in [4.78, 5) is 9.69. The Morgan fingerprint density at radius 3 is 2.60 bits per heavy atom. The molecule has 0 spiro atoms. The van der Waals surface area contributed by atoms with Gasteiger partial charge in [-0.25, -0.2) is 4.98 Å². The number of aryl methyl sites for hydroxylation is 2. The SMILES string of the molecule is CN=C(NCc1cccc(OC(F)F)c1)NCc1sc(C)nc1C.I. The van der Waals surface area contributed by atoms with E-state index in [0.717, 1.165) is 21.1 Å². The number of ether oxygens (including phenoxy) is 1. The number of guanidine groups is 1. The second-order valence-corrected chi connectivity index (χ2v) is 6.33. The molecule has 0 unspecified atom stereocenters. The van der Waals surface area contributed by atoms with E-state index < -0.39 is 6.61 Å². The van der Waals surface area contributed by atoms with Crippen molar-refractivity contribution in [3.8, 4) is 5.75 Å². The number of aliphatic imine (C=N–C) groups is 1. The molecule has 5 nitrogen and oxygen atoms in total. The Morgan fingerprint density at radius 1 is 1.28 bits per heavy atom. The summed E-state index contributed by atoms with van der Waals surface area (Å²) in [6, 6.07) is 6.57. The quantitative estimate of drug-likeness (QED) is 0.373. The van der Waals surface area contributed by atoms with E-state index in [4.69, 9.17) is 0 Å². The molecule has 0 atom stereocenters. The third-order valence-electron chi connectivity index (χ3n) is 3.22. The van der Waals surface area contributed by atoms with Crippen LogP contribution in [-0.4, -0.2) is 24.6 Å². The first kappa shape index (κ1) is 21.6. The lowest BCUT2D eigenvalue weighted by Crippen LogP contribution is -2.36. The van der Waals surface area contributed by atoms with E-state index in [0.29, 0.717) is 19.0 Å². The highest BCUT2D eigenvalue weighted by molar-refractivity contribution is 14.0. The van der Waals surface area contributed by atoms with Crippen molar-refractivity contribution in [1.29, 1.82) is 0 Å². The van der Waals surface area contributed by atoms with Gasteiger partial charge in [0.1, 0.15) is 5.75 Å². The average Bonchev–Trinajstić information content (AvgIpc) is 2.85. The molecule has 2 N–H and O–H groups in total. The minimum Gasteiger partial charge on any atom is -0.435 e. The summed E-state index contributed by atoms with van der Waals surface area (Å²) in [6.45, 7) is 2.20. The van der Waals surface area contributed by atoms with Crippen LogP contribution in [0.2, 0.25) is 0 Å². The first-order valence-corrected chi connectivity index (χ1v) is 8.20. The first-order chi connectivity index (χ1) is 11.5. The van der Waals surface area contributed by atoms with E-state index in [2.05, 4.69) is 25.3 Å². The number of halogens is 3. The largest absolute Gasteiger partial charge is 0.435 e. The average molecular weight is 482 g/mol. The number of nitrogens with one attached hydrogen (secondary N) is 2. The Kier molecular flexibility index (Phi) is 9.04. The Balaban J connectivity index is 0.00000312. The maximum absolute atomic E-state index is 12.2. The fraction of sp³-hybridized carbons (Fsp3) is 0.375. The number of hydrogen-bond donors (Lipinski definition) is 2. The van der Waals surface area contributed by atoms with Crippen LogP contribution in [-0.2, 0) is 13.1 Å². The third kappa shape index (κ3) is 7.10. The van der Waals surface area contributed by atoms with Crippen molar-refractivity contribution in [1.82, 2.24) is 15.6 Å². The summed E-state index contributed by atoms with van der Waals surface area (Å²) in [5.74, 6) is 0.767. The van der Waals surface area contributed by atoms with Crippen LogP contribution in [0.4, 0.5) is 8.78 Å². The Morgan fingerprint density at radius 2 is 2.00 bits per heavy atom. The van der Waals surface area contributed by atoms with E-state index >= 15 is 0 Å². The zero-order valence-corrected chi connectivity index (χ0v) is 17.3. The van der Waals surface area contributed by atoms with Crippen molar-refractivity contribution in [3.05, 3.63) is 45.4 Å². The summed E-state index contributed by atoms with van der Waals surface area (Å²) in [7, 11) is 1.68. The molecule has 2 aromatic rings. The summed E-state index contributed by atoms with van der Waals surface area (Å²) in [6.07, 6.45) is 0. The normalized spacial score (nSPS) is 11.2. The highest BCUT2D eigenvalue weighted by atomic mass is 127. The van der Waals surface area contributed by atoms with Crippen LogP contribution in [0.3, 0.4) is 0 Å². The van der Waals surface area contributed by atoms with Gasteiger partial charge in [-0.15, -0.1) is 35.3 Å². The molecule has 1 aromatic carbocycles. The van der Waals surface area contributed by atoms with Gasteiger partial charge in [-0.05, 0) is 31.5 Å². The van der Waals surface area contributed by atoms with E-state index in [1.54, 1.807) is 30.5 Å². The molecule has 0 fully saturated rings. The number of hydrogen-bond acceptors (Lipinski definition) is 4. The van der Waals surface area contributed by atoms with Gasteiger partial charge in [0.25, 0.3) is 0 Å². The van der Waals surface area contributed by atoms with Gasteiger partial charge < -0.3 is 15.4 Å². The number of alkyl halides is 2. The number of nitrogens with zero attached hydrogens (tertiary/aromatic N) is 2. The fourth-order valence-electron chi connectivity index (χ4n) is 2.14. The van der Waals surface area contributed by atoms with Crippen molar-refractivity contribution in [3.63, 3.8) is 0 Å². The van der Waals surface area contributed by atoms with Crippen LogP contribution in [0.1, 0.15) is 21.1 Å². The maximum Gasteiger partial charge on any atom is 0.387 e. The van der Waals surface area contributed by atoms with E-state index in [1.165, 1.54) is 6.07 Å². The number of thiazole rings is 1.